The number of anilines is 1. The number of benzene rings is 1. The van der Waals surface area contributed by atoms with E-state index in [1.54, 1.807) is 11.3 Å². The number of nitrogens with one attached hydrogen (secondary N) is 1. The number of carbonyl (C=O) groups is 2. The van der Waals surface area contributed by atoms with Gasteiger partial charge in [0.05, 0.1) is 5.69 Å². The van der Waals surface area contributed by atoms with E-state index in [0.717, 1.165) is 18.6 Å². The number of thiophene rings is 1. The van der Waals surface area contributed by atoms with Gasteiger partial charge in [-0.1, -0.05) is 6.07 Å². The molecule has 1 atom stereocenters. The number of amides is 1. The summed E-state index contributed by atoms with van der Waals surface area (Å²) in [5, 5.41) is 4.23. The first-order valence-corrected chi connectivity index (χ1v) is 8.31. The van der Waals surface area contributed by atoms with Crippen LogP contribution >= 0.6 is 11.3 Å². The molecule has 128 valence electrons. The van der Waals surface area contributed by atoms with Gasteiger partial charge in [0.25, 0.3) is 5.91 Å². The maximum atomic E-state index is 13.5. The van der Waals surface area contributed by atoms with E-state index in [9.17, 15) is 18.4 Å². The number of aryl methyl sites for hydroxylation is 1. The Hall–Kier alpha value is -2.28. The van der Waals surface area contributed by atoms with E-state index in [1.165, 1.54) is 11.8 Å². The topological polar surface area (TPSA) is 55.4 Å². The third-order valence-corrected chi connectivity index (χ3v) is 4.19. The second-order valence-electron chi connectivity index (χ2n) is 5.18. The Balaban J connectivity index is 1.76. The molecule has 2 rings (SSSR count). The van der Waals surface area contributed by atoms with Gasteiger partial charge in [0, 0.05) is 17.4 Å². The van der Waals surface area contributed by atoms with Crippen LogP contribution in [0.1, 0.15) is 24.6 Å². The van der Waals surface area contributed by atoms with E-state index in [2.05, 4.69) is 5.32 Å². The highest BCUT2D eigenvalue weighted by molar-refractivity contribution is 7.09. The first-order chi connectivity index (χ1) is 11.5. The molecule has 1 heterocycles. The molecule has 0 aliphatic rings. The zero-order chi connectivity index (χ0) is 17.5. The van der Waals surface area contributed by atoms with E-state index >= 15 is 0 Å². The molecule has 4 nitrogen and oxygen atoms in total. The van der Waals surface area contributed by atoms with Crippen molar-refractivity contribution in [1.29, 1.82) is 0 Å². The van der Waals surface area contributed by atoms with Crippen LogP contribution in [0.4, 0.5) is 14.5 Å². The van der Waals surface area contributed by atoms with Gasteiger partial charge in [-0.2, -0.15) is 0 Å². The summed E-state index contributed by atoms with van der Waals surface area (Å²) in [5.41, 5.74) is -0.165. The van der Waals surface area contributed by atoms with Gasteiger partial charge in [-0.25, -0.2) is 8.78 Å². The van der Waals surface area contributed by atoms with Crippen LogP contribution in [-0.2, 0) is 20.7 Å². The zero-order valence-electron chi connectivity index (χ0n) is 13.1. The van der Waals surface area contributed by atoms with Crippen LogP contribution in [0.15, 0.2) is 35.7 Å². The fourth-order valence-electron chi connectivity index (χ4n) is 2.00. The maximum Gasteiger partial charge on any atom is 0.306 e. The van der Waals surface area contributed by atoms with Crippen molar-refractivity contribution < 1.29 is 23.1 Å². The molecule has 7 heteroatoms. The van der Waals surface area contributed by atoms with E-state index in [4.69, 9.17) is 4.74 Å². The smallest absolute Gasteiger partial charge is 0.306 e. The second-order valence-corrected chi connectivity index (χ2v) is 6.21. The summed E-state index contributed by atoms with van der Waals surface area (Å²) in [6, 6.07) is 6.73. The SMILES string of the molecule is C[C@@H](OC(=O)CCCc1cccs1)C(=O)Nc1ccc(F)cc1F. The minimum atomic E-state index is -1.07. The van der Waals surface area contributed by atoms with Crippen LogP contribution in [0.3, 0.4) is 0 Å². The summed E-state index contributed by atoms with van der Waals surface area (Å²) in [7, 11) is 0. The number of ether oxygens (including phenoxy) is 1. The number of hydrogen-bond acceptors (Lipinski definition) is 4. The molecular weight excluding hydrogens is 336 g/mol. The van der Waals surface area contributed by atoms with Gasteiger partial charge < -0.3 is 10.1 Å². The summed E-state index contributed by atoms with van der Waals surface area (Å²) in [4.78, 5) is 24.8. The molecule has 0 saturated heterocycles. The lowest BCUT2D eigenvalue weighted by molar-refractivity contribution is -0.153. The highest BCUT2D eigenvalue weighted by Crippen LogP contribution is 2.16. The largest absolute Gasteiger partial charge is 0.453 e. The fraction of sp³-hybridized carbons (Fsp3) is 0.294. The van der Waals surface area contributed by atoms with Crippen molar-refractivity contribution in [1.82, 2.24) is 0 Å². The summed E-state index contributed by atoms with van der Waals surface area (Å²) in [6.45, 7) is 1.40. The van der Waals surface area contributed by atoms with Crippen LogP contribution in [0.25, 0.3) is 0 Å². The van der Waals surface area contributed by atoms with Crippen LogP contribution in [0.5, 0.6) is 0 Å². The first kappa shape index (κ1) is 18.1. The van der Waals surface area contributed by atoms with E-state index in [-0.39, 0.29) is 12.1 Å². The molecular formula is C17H17F2NO3S. The van der Waals surface area contributed by atoms with E-state index in [0.29, 0.717) is 12.5 Å². The predicted molar refractivity (Wildman–Crippen MR) is 87.8 cm³/mol. The van der Waals surface area contributed by atoms with Crippen LogP contribution in [0, 0.1) is 11.6 Å². The molecule has 24 heavy (non-hydrogen) atoms. The van der Waals surface area contributed by atoms with E-state index in [1.807, 2.05) is 17.5 Å². The second kappa shape index (κ2) is 8.54. The summed E-state index contributed by atoms with van der Waals surface area (Å²) in [6.07, 6.45) is 0.526. The molecule has 0 bridgehead atoms. The Bertz CT molecular complexity index is 704. The highest BCUT2D eigenvalue weighted by Gasteiger charge is 2.19. The average molecular weight is 353 g/mol. The van der Waals surface area contributed by atoms with Gasteiger partial charge >= 0.3 is 5.97 Å². The zero-order valence-corrected chi connectivity index (χ0v) is 13.9. The Labute approximate surface area is 142 Å². The van der Waals surface area contributed by atoms with Crippen molar-refractivity contribution in [3.63, 3.8) is 0 Å². The molecule has 0 aliphatic carbocycles. The lowest BCUT2D eigenvalue weighted by Crippen LogP contribution is -2.30. The number of rotatable bonds is 7. The minimum absolute atomic E-state index is 0.165. The molecule has 2 aromatic rings. The van der Waals surface area contributed by atoms with Crippen molar-refractivity contribution in [3.05, 3.63) is 52.2 Å². The van der Waals surface area contributed by atoms with Crippen molar-refractivity contribution in [2.45, 2.75) is 32.3 Å². The van der Waals surface area contributed by atoms with Crippen molar-refractivity contribution in [3.8, 4) is 0 Å². The van der Waals surface area contributed by atoms with Crippen LogP contribution in [0.2, 0.25) is 0 Å². The number of carbonyl (C=O) groups excluding carboxylic acids is 2. The summed E-state index contributed by atoms with van der Waals surface area (Å²) < 4.78 is 31.3. The molecule has 0 aliphatic heterocycles. The van der Waals surface area contributed by atoms with E-state index < -0.39 is 29.6 Å². The third kappa shape index (κ3) is 5.42. The lowest BCUT2D eigenvalue weighted by atomic mass is 10.2. The summed E-state index contributed by atoms with van der Waals surface area (Å²) >= 11 is 1.62. The molecule has 0 unspecified atom stereocenters. The fourth-order valence-corrected chi connectivity index (χ4v) is 2.75. The number of halogens is 2. The Morgan fingerprint density at radius 2 is 2.08 bits per heavy atom. The van der Waals surface area contributed by atoms with Crippen LogP contribution < -0.4 is 5.32 Å². The minimum Gasteiger partial charge on any atom is -0.453 e. The normalized spacial score (nSPS) is 11.8. The molecule has 1 aromatic heterocycles. The average Bonchev–Trinajstić information content (AvgIpc) is 3.03. The predicted octanol–water partition coefficient (Wildman–Crippen LogP) is 3.92. The molecule has 1 N–H and O–H groups in total. The summed E-state index contributed by atoms with van der Waals surface area (Å²) in [5.74, 6) is -2.80. The monoisotopic (exact) mass is 353 g/mol. The van der Waals surface area contributed by atoms with Crippen molar-refractivity contribution in [2.75, 3.05) is 5.32 Å². The Kier molecular flexibility index (Phi) is 6.43. The van der Waals surface area contributed by atoms with Crippen molar-refractivity contribution >= 4 is 28.9 Å². The standard InChI is InChI=1S/C17H17F2NO3S/c1-11(17(22)20-15-8-7-12(18)10-14(15)19)23-16(21)6-2-4-13-5-3-9-24-13/h3,5,7-11H,2,4,6H2,1H3,(H,20,22)/t11-/m1/s1. The van der Waals surface area contributed by atoms with Crippen molar-refractivity contribution in [2.24, 2.45) is 0 Å². The van der Waals surface area contributed by atoms with Crippen LogP contribution in [-0.4, -0.2) is 18.0 Å². The molecule has 0 fully saturated rings. The number of hydrogen-bond donors (Lipinski definition) is 1. The molecule has 0 saturated carbocycles. The van der Waals surface area contributed by atoms with Gasteiger partial charge in [0.1, 0.15) is 11.6 Å². The lowest BCUT2D eigenvalue weighted by Gasteiger charge is -2.14. The van der Waals surface area contributed by atoms with Gasteiger partial charge in [-0.15, -0.1) is 11.3 Å². The van der Waals surface area contributed by atoms with Gasteiger partial charge in [0.15, 0.2) is 6.10 Å². The Morgan fingerprint density at radius 3 is 2.75 bits per heavy atom. The number of esters is 1. The Morgan fingerprint density at radius 1 is 1.29 bits per heavy atom. The molecule has 1 aromatic carbocycles. The highest BCUT2D eigenvalue weighted by atomic mass is 32.1. The van der Waals surface area contributed by atoms with Gasteiger partial charge in [0.2, 0.25) is 0 Å². The third-order valence-electron chi connectivity index (χ3n) is 3.25. The van der Waals surface area contributed by atoms with Gasteiger partial charge in [-0.3, -0.25) is 9.59 Å². The van der Waals surface area contributed by atoms with Gasteiger partial charge in [-0.05, 0) is 43.3 Å². The molecule has 1 amide bonds. The molecule has 0 spiro atoms. The molecule has 0 radical (unpaired) electrons. The maximum absolute atomic E-state index is 13.5. The first-order valence-electron chi connectivity index (χ1n) is 7.43. The quantitative estimate of drug-likeness (QED) is 0.768.